The Balaban J connectivity index is 3.75. The first-order chi connectivity index (χ1) is 5.00. The zero-order valence-corrected chi connectivity index (χ0v) is 7.81. The summed E-state index contributed by atoms with van der Waals surface area (Å²) >= 11 is 0. The van der Waals surface area contributed by atoms with Gasteiger partial charge in [-0.3, -0.25) is 0 Å². The second-order valence-corrected chi connectivity index (χ2v) is 4.50. The highest BCUT2D eigenvalue weighted by Gasteiger charge is 2.11. The Labute approximate surface area is 67.3 Å². The van der Waals surface area contributed by atoms with E-state index in [4.69, 9.17) is 0 Å². The van der Waals surface area contributed by atoms with Crippen molar-refractivity contribution in [2.75, 3.05) is 33.5 Å². The fraction of sp³-hybridized carbons (Fsp3) is 1.00. The third kappa shape index (κ3) is 4.31. The Kier molecular flexibility index (Phi) is 4.58. The Morgan fingerprint density at radius 2 is 2.00 bits per heavy atom. The second kappa shape index (κ2) is 4.66. The van der Waals surface area contributed by atoms with Crippen LogP contribution in [0.25, 0.3) is 0 Å². The molecule has 5 nitrogen and oxygen atoms in total. The third-order valence-corrected chi connectivity index (χ3v) is 3.00. The molecule has 0 aliphatic carbocycles. The van der Waals surface area contributed by atoms with Crippen molar-refractivity contribution < 1.29 is 13.3 Å². The van der Waals surface area contributed by atoms with Gasteiger partial charge in [0.05, 0.1) is 12.9 Å². The van der Waals surface area contributed by atoms with Gasteiger partial charge in [0, 0.05) is 20.6 Å². The van der Waals surface area contributed by atoms with Gasteiger partial charge in [0.25, 0.3) is 0 Å². The van der Waals surface area contributed by atoms with Crippen molar-refractivity contribution in [1.82, 2.24) is 9.79 Å². The standard InChI is InChI=1S/C5H14N2O3S/c1-7(2)11(8,9)5-4-6-10-3/h6H,4-5H2,1-3H3. The molecule has 0 unspecified atom stereocenters. The molecule has 0 aromatic heterocycles. The normalized spacial score (nSPS) is 12.4. The molecule has 0 aliphatic rings. The van der Waals surface area contributed by atoms with Crippen LogP contribution in [0.4, 0.5) is 0 Å². The summed E-state index contributed by atoms with van der Waals surface area (Å²) in [5, 5.41) is 0. The van der Waals surface area contributed by atoms with Gasteiger partial charge < -0.3 is 4.84 Å². The molecule has 0 amide bonds. The molecule has 0 bridgehead atoms. The third-order valence-electron chi connectivity index (χ3n) is 1.16. The van der Waals surface area contributed by atoms with E-state index in [0.717, 1.165) is 0 Å². The Hall–Kier alpha value is -0.170. The molecule has 0 rings (SSSR count). The van der Waals surface area contributed by atoms with E-state index in [9.17, 15) is 8.42 Å². The molecule has 0 atom stereocenters. The van der Waals surface area contributed by atoms with Gasteiger partial charge in [-0.25, -0.2) is 18.2 Å². The van der Waals surface area contributed by atoms with Gasteiger partial charge in [-0.05, 0) is 0 Å². The van der Waals surface area contributed by atoms with Gasteiger partial charge in [-0.1, -0.05) is 0 Å². The first-order valence-corrected chi connectivity index (χ1v) is 4.77. The molecule has 0 saturated heterocycles. The van der Waals surface area contributed by atoms with E-state index in [-0.39, 0.29) is 5.75 Å². The molecule has 0 fully saturated rings. The van der Waals surface area contributed by atoms with Crippen LogP contribution < -0.4 is 5.48 Å². The maximum absolute atomic E-state index is 11.0. The van der Waals surface area contributed by atoms with Gasteiger partial charge in [0.15, 0.2) is 0 Å². The van der Waals surface area contributed by atoms with Crippen LogP contribution in [0.1, 0.15) is 0 Å². The quantitative estimate of drug-likeness (QED) is 0.439. The summed E-state index contributed by atoms with van der Waals surface area (Å²) in [6.45, 7) is 0.303. The average molecular weight is 182 g/mol. The van der Waals surface area contributed by atoms with Gasteiger partial charge >= 0.3 is 0 Å². The van der Waals surface area contributed by atoms with Crippen LogP contribution in [0.3, 0.4) is 0 Å². The minimum atomic E-state index is -3.08. The summed E-state index contributed by atoms with van der Waals surface area (Å²) in [4.78, 5) is 4.48. The van der Waals surface area contributed by atoms with E-state index in [1.807, 2.05) is 0 Å². The van der Waals surface area contributed by atoms with Crippen LogP contribution in [-0.2, 0) is 14.9 Å². The van der Waals surface area contributed by atoms with Crippen LogP contribution in [0.15, 0.2) is 0 Å². The van der Waals surface area contributed by atoms with Crippen molar-refractivity contribution in [3.8, 4) is 0 Å². The molecular formula is C5H14N2O3S. The fourth-order valence-corrected chi connectivity index (χ4v) is 1.16. The van der Waals surface area contributed by atoms with Crippen molar-refractivity contribution in [3.63, 3.8) is 0 Å². The van der Waals surface area contributed by atoms with Crippen molar-refractivity contribution in [1.29, 1.82) is 0 Å². The molecular weight excluding hydrogens is 168 g/mol. The number of hydrogen-bond acceptors (Lipinski definition) is 4. The lowest BCUT2D eigenvalue weighted by Crippen LogP contribution is -2.30. The average Bonchev–Trinajstić information content (AvgIpc) is 1.88. The highest BCUT2D eigenvalue weighted by molar-refractivity contribution is 7.89. The van der Waals surface area contributed by atoms with Gasteiger partial charge in [0.1, 0.15) is 0 Å². The highest BCUT2D eigenvalue weighted by Crippen LogP contribution is 1.91. The molecule has 0 heterocycles. The highest BCUT2D eigenvalue weighted by atomic mass is 32.2. The van der Waals surface area contributed by atoms with Crippen LogP contribution in [0.2, 0.25) is 0 Å². The lowest BCUT2D eigenvalue weighted by atomic mass is 10.8. The summed E-state index contributed by atoms with van der Waals surface area (Å²) in [7, 11) is 1.37. The second-order valence-electron chi connectivity index (χ2n) is 2.20. The predicted molar refractivity (Wildman–Crippen MR) is 42.5 cm³/mol. The summed E-state index contributed by atoms with van der Waals surface area (Å²) < 4.78 is 23.3. The molecule has 0 aromatic rings. The lowest BCUT2D eigenvalue weighted by molar-refractivity contribution is 0.0965. The number of hydrogen-bond donors (Lipinski definition) is 1. The maximum Gasteiger partial charge on any atom is 0.214 e. The first kappa shape index (κ1) is 10.8. The Bertz CT molecular complexity index is 188. The number of hydroxylamine groups is 1. The van der Waals surface area contributed by atoms with Crippen LogP contribution in [0, 0.1) is 0 Å². The van der Waals surface area contributed by atoms with Crippen molar-refractivity contribution in [2.45, 2.75) is 0 Å². The van der Waals surface area contributed by atoms with Crippen molar-refractivity contribution >= 4 is 10.0 Å². The van der Waals surface area contributed by atoms with E-state index >= 15 is 0 Å². The number of rotatable bonds is 5. The largest absolute Gasteiger partial charge is 0.305 e. The Morgan fingerprint density at radius 3 is 2.36 bits per heavy atom. The molecule has 0 aromatic carbocycles. The SMILES string of the molecule is CONCCS(=O)(=O)N(C)C. The monoisotopic (exact) mass is 182 g/mol. The van der Waals surface area contributed by atoms with Gasteiger partial charge in [-0.15, -0.1) is 0 Å². The van der Waals surface area contributed by atoms with Crippen LogP contribution in [0.5, 0.6) is 0 Å². The van der Waals surface area contributed by atoms with E-state index in [0.29, 0.717) is 6.54 Å². The van der Waals surface area contributed by atoms with E-state index in [1.165, 1.54) is 25.5 Å². The lowest BCUT2D eigenvalue weighted by Gasteiger charge is -2.10. The summed E-state index contributed by atoms with van der Waals surface area (Å²) in [5.41, 5.74) is 2.45. The fourth-order valence-electron chi connectivity index (χ4n) is 0.455. The smallest absolute Gasteiger partial charge is 0.214 e. The predicted octanol–water partition coefficient (Wildman–Crippen LogP) is -0.971. The maximum atomic E-state index is 11.0. The molecule has 68 valence electrons. The molecule has 0 spiro atoms. The topological polar surface area (TPSA) is 58.6 Å². The van der Waals surface area contributed by atoms with Crippen LogP contribution >= 0.6 is 0 Å². The molecule has 1 N–H and O–H groups in total. The minimum absolute atomic E-state index is 0.0494. The Morgan fingerprint density at radius 1 is 1.45 bits per heavy atom. The van der Waals surface area contributed by atoms with E-state index < -0.39 is 10.0 Å². The minimum Gasteiger partial charge on any atom is -0.305 e. The van der Waals surface area contributed by atoms with Crippen LogP contribution in [-0.4, -0.2) is 46.2 Å². The zero-order valence-electron chi connectivity index (χ0n) is 6.99. The zero-order chi connectivity index (χ0) is 8.91. The number of nitrogens with one attached hydrogen (secondary N) is 1. The molecule has 11 heavy (non-hydrogen) atoms. The molecule has 6 heteroatoms. The van der Waals surface area contributed by atoms with E-state index in [1.54, 1.807) is 0 Å². The molecule has 0 saturated carbocycles. The first-order valence-electron chi connectivity index (χ1n) is 3.16. The number of sulfonamides is 1. The number of nitrogens with zero attached hydrogens (tertiary/aromatic N) is 1. The van der Waals surface area contributed by atoms with E-state index in [2.05, 4.69) is 10.3 Å². The summed E-state index contributed by atoms with van der Waals surface area (Å²) in [6.07, 6.45) is 0. The summed E-state index contributed by atoms with van der Waals surface area (Å²) in [6, 6.07) is 0. The van der Waals surface area contributed by atoms with Gasteiger partial charge in [-0.2, -0.15) is 0 Å². The molecule has 0 aliphatic heterocycles. The van der Waals surface area contributed by atoms with Crippen molar-refractivity contribution in [2.24, 2.45) is 0 Å². The van der Waals surface area contributed by atoms with Gasteiger partial charge in [0.2, 0.25) is 10.0 Å². The molecule has 0 radical (unpaired) electrons. The summed E-state index contributed by atoms with van der Waals surface area (Å²) in [5.74, 6) is 0.0494. The van der Waals surface area contributed by atoms with Crippen molar-refractivity contribution in [3.05, 3.63) is 0 Å².